The van der Waals surface area contributed by atoms with E-state index in [1.54, 1.807) is 41.5 Å². The van der Waals surface area contributed by atoms with Gasteiger partial charge in [0.1, 0.15) is 11.2 Å². The number of likely N-dealkylation sites (tertiary alicyclic amines) is 1. The molecule has 0 unspecified atom stereocenters. The maximum Gasteiger partial charge on any atom is 0.410 e. The molecule has 1 fully saturated rings. The Morgan fingerprint density at radius 2 is 1.61 bits per heavy atom. The van der Waals surface area contributed by atoms with Crippen molar-refractivity contribution in [3.63, 3.8) is 0 Å². The lowest BCUT2D eigenvalue weighted by Crippen LogP contribution is -2.48. The quantitative estimate of drug-likeness (QED) is 0.853. The summed E-state index contributed by atoms with van der Waals surface area (Å²) in [5, 5.41) is 10.6. The molecule has 0 bridgehead atoms. The second kappa shape index (κ2) is 8.39. The Balaban J connectivity index is 2.19. The van der Waals surface area contributed by atoms with Crippen LogP contribution in [0.25, 0.3) is 0 Å². The van der Waals surface area contributed by atoms with Gasteiger partial charge in [-0.05, 0) is 47.1 Å². The van der Waals surface area contributed by atoms with Crippen LogP contribution in [0.5, 0.6) is 0 Å². The summed E-state index contributed by atoms with van der Waals surface area (Å²) in [5.41, 5.74) is -0.383. The lowest BCUT2D eigenvalue weighted by Gasteiger charge is -2.33. The van der Waals surface area contributed by atoms with Crippen molar-refractivity contribution >= 4 is 12.2 Å². The van der Waals surface area contributed by atoms with Crippen LogP contribution in [0.15, 0.2) is 30.3 Å². The first-order valence-electron chi connectivity index (χ1n) is 9.55. The van der Waals surface area contributed by atoms with E-state index in [1.165, 1.54) is 9.80 Å². The maximum atomic E-state index is 12.9. The zero-order valence-electron chi connectivity index (χ0n) is 17.6. The molecule has 1 aromatic rings. The highest BCUT2D eigenvalue weighted by atomic mass is 16.6. The average molecular weight is 392 g/mol. The van der Waals surface area contributed by atoms with Gasteiger partial charge in [-0.1, -0.05) is 30.3 Å². The number of β-amino-alcohol motifs (C(OH)–C–C–N with tert-alkyl or cyclic N) is 1. The van der Waals surface area contributed by atoms with Crippen molar-refractivity contribution in [3.05, 3.63) is 35.9 Å². The fraction of sp³-hybridized carbons (Fsp3) is 0.619. The summed E-state index contributed by atoms with van der Waals surface area (Å²) < 4.78 is 10.9. The first-order valence-corrected chi connectivity index (χ1v) is 9.55. The third kappa shape index (κ3) is 6.41. The number of hydrogen-bond acceptors (Lipinski definition) is 5. The minimum atomic E-state index is -0.885. The lowest BCUT2D eigenvalue weighted by molar-refractivity contribution is 0.000927. The predicted molar refractivity (Wildman–Crippen MR) is 106 cm³/mol. The third-order valence-corrected chi connectivity index (χ3v) is 4.13. The van der Waals surface area contributed by atoms with Crippen molar-refractivity contribution in [2.75, 3.05) is 13.1 Å². The van der Waals surface area contributed by atoms with Gasteiger partial charge in [-0.2, -0.15) is 0 Å². The normalized spacial score (nSPS) is 20.0. The van der Waals surface area contributed by atoms with Crippen molar-refractivity contribution in [1.29, 1.82) is 0 Å². The second-order valence-corrected chi connectivity index (χ2v) is 9.11. The van der Waals surface area contributed by atoms with Crippen LogP contribution in [0, 0.1) is 0 Å². The molecule has 2 atom stereocenters. The van der Waals surface area contributed by atoms with E-state index in [4.69, 9.17) is 9.47 Å². The van der Waals surface area contributed by atoms with Crippen LogP contribution in [0.3, 0.4) is 0 Å². The fourth-order valence-electron chi connectivity index (χ4n) is 2.97. The molecule has 28 heavy (non-hydrogen) atoms. The van der Waals surface area contributed by atoms with Crippen LogP contribution < -0.4 is 0 Å². The lowest BCUT2D eigenvalue weighted by atomic mass is 10.1. The first-order chi connectivity index (χ1) is 12.9. The van der Waals surface area contributed by atoms with Crippen molar-refractivity contribution < 1.29 is 24.2 Å². The topological polar surface area (TPSA) is 79.3 Å². The smallest absolute Gasteiger partial charge is 0.410 e. The molecule has 1 heterocycles. The number of benzene rings is 1. The molecule has 0 aliphatic carbocycles. The van der Waals surface area contributed by atoms with E-state index in [0.29, 0.717) is 0 Å². The molecule has 156 valence electrons. The van der Waals surface area contributed by atoms with Gasteiger partial charge in [-0.15, -0.1) is 0 Å². The van der Waals surface area contributed by atoms with Gasteiger partial charge < -0.3 is 19.5 Å². The number of carbonyl (C=O) groups is 2. The number of aliphatic hydroxyl groups is 1. The summed E-state index contributed by atoms with van der Waals surface area (Å²) in [5.74, 6) is 0. The third-order valence-electron chi connectivity index (χ3n) is 4.13. The fourth-order valence-corrected chi connectivity index (χ4v) is 2.97. The molecule has 0 spiro atoms. The summed E-state index contributed by atoms with van der Waals surface area (Å²) >= 11 is 0. The minimum Gasteiger partial charge on any atom is -0.444 e. The monoisotopic (exact) mass is 392 g/mol. The van der Waals surface area contributed by atoms with Crippen molar-refractivity contribution in [1.82, 2.24) is 9.80 Å². The molecule has 1 N–H and O–H groups in total. The number of nitrogens with zero attached hydrogens (tertiary/aromatic N) is 2. The molecule has 1 aliphatic rings. The molecule has 1 saturated heterocycles. The van der Waals surface area contributed by atoms with Crippen LogP contribution in [0.2, 0.25) is 0 Å². The average Bonchev–Trinajstić information content (AvgIpc) is 2.92. The highest BCUT2D eigenvalue weighted by Gasteiger charge is 2.42. The van der Waals surface area contributed by atoms with E-state index in [9.17, 15) is 14.7 Å². The summed E-state index contributed by atoms with van der Waals surface area (Å²) in [6.45, 7) is 11.3. The highest BCUT2D eigenvalue weighted by molar-refractivity contribution is 5.71. The first kappa shape index (κ1) is 22.0. The van der Waals surface area contributed by atoms with Gasteiger partial charge in [0, 0.05) is 13.1 Å². The molecule has 7 nitrogen and oxygen atoms in total. The highest BCUT2D eigenvalue weighted by Crippen LogP contribution is 2.23. The molecule has 2 amide bonds. The molecule has 1 aliphatic heterocycles. The molecule has 0 aromatic heterocycles. The summed E-state index contributed by atoms with van der Waals surface area (Å²) in [7, 11) is 0. The summed E-state index contributed by atoms with van der Waals surface area (Å²) in [6.07, 6.45) is -1.91. The van der Waals surface area contributed by atoms with E-state index in [1.807, 2.05) is 30.3 Å². The largest absolute Gasteiger partial charge is 0.444 e. The SMILES string of the molecule is CC(C)(C)OC(=O)N1C[C@@H](O)[C@H](N(Cc2ccccc2)C(=O)OC(C)(C)C)C1. The zero-order valence-corrected chi connectivity index (χ0v) is 17.6. The number of aliphatic hydroxyl groups excluding tert-OH is 1. The van der Waals surface area contributed by atoms with Crippen LogP contribution in [0.4, 0.5) is 9.59 Å². The van der Waals surface area contributed by atoms with Gasteiger partial charge in [-0.3, -0.25) is 4.90 Å². The van der Waals surface area contributed by atoms with E-state index in [0.717, 1.165) is 5.56 Å². The van der Waals surface area contributed by atoms with Gasteiger partial charge in [0.05, 0.1) is 18.7 Å². The van der Waals surface area contributed by atoms with E-state index < -0.39 is 35.5 Å². The molecular weight excluding hydrogens is 360 g/mol. The Hall–Kier alpha value is -2.28. The zero-order chi connectivity index (χ0) is 21.1. The molecular formula is C21H32N2O5. The summed E-state index contributed by atoms with van der Waals surface area (Å²) in [6, 6.07) is 8.91. The Morgan fingerprint density at radius 3 is 2.14 bits per heavy atom. The van der Waals surface area contributed by atoms with Crippen LogP contribution >= 0.6 is 0 Å². The number of carbonyl (C=O) groups excluding carboxylic acids is 2. The van der Waals surface area contributed by atoms with Crippen LogP contribution in [0.1, 0.15) is 47.1 Å². The second-order valence-electron chi connectivity index (χ2n) is 9.11. The van der Waals surface area contributed by atoms with Crippen molar-refractivity contribution in [2.45, 2.75) is 71.4 Å². The Bertz CT molecular complexity index is 678. The van der Waals surface area contributed by atoms with E-state index >= 15 is 0 Å². The van der Waals surface area contributed by atoms with Crippen molar-refractivity contribution in [3.8, 4) is 0 Å². The number of ether oxygens (including phenoxy) is 2. The number of amides is 2. The summed E-state index contributed by atoms with van der Waals surface area (Å²) in [4.78, 5) is 28.2. The van der Waals surface area contributed by atoms with Gasteiger partial charge >= 0.3 is 12.2 Å². The van der Waals surface area contributed by atoms with Gasteiger partial charge in [0.15, 0.2) is 0 Å². The number of hydrogen-bond donors (Lipinski definition) is 1. The van der Waals surface area contributed by atoms with Crippen molar-refractivity contribution in [2.24, 2.45) is 0 Å². The Labute approximate surface area is 167 Å². The van der Waals surface area contributed by atoms with Crippen LogP contribution in [-0.4, -0.2) is 63.5 Å². The van der Waals surface area contributed by atoms with E-state index in [2.05, 4.69) is 0 Å². The molecule has 0 radical (unpaired) electrons. The Kier molecular flexibility index (Phi) is 6.59. The molecule has 2 rings (SSSR count). The molecule has 0 saturated carbocycles. The van der Waals surface area contributed by atoms with Gasteiger partial charge in [-0.25, -0.2) is 9.59 Å². The van der Waals surface area contributed by atoms with Crippen LogP contribution in [-0.2, 0) is 16.0 Å². The van der Waals surface area contributed by atoms with Gasteiger partial charge in [0.25, 0.3) is 0 Å². The Morgan fingerprint density at radius 1 is 1.04 bits per heavy atom. The minimum absolute atomic E-state index is 0.105. The predicted octanol–water partition coefficient (Wildman–Crippen LogP) is 3.40. The molecule has 7 heteroatoms. The molecule has 1 aromatic carbocycles. The van der Waals surface area contributed by atoms with E-state index in [-0.39, 0.29) is 19.6 Å². The number of rotatable bonds is 3. The maximum absolute atomic E-state index is 12.9. The standard InChI is InChI=1S/C21H32N2O5/c1-20(2,3)27-18(25)22-13-16(17(24)14-22)23(19(26)28-21(4,5)6)12-15-10-8-7-9-11-15/h7-11,16-17,24H,12-14H2,1-6H3/t16-,17-/m1/s1. The van der Waals surface area contributed by atoms with Gasteiger partial charge in [0.2, 0.25) is 0 Å².